The molecule has 6 nitrogen and oxygen atoms in total. The second-order valence-corrected chi connectivity index (χ2v) is 7.37. The average molecular weight is 345 g/mol. The second kappa shape index (κ2) is 5.92. The Kier molecular flexibility index (Phi) is 4.06. The first kappa shape index (κ1) is 16.5. The quantitative estimate of drug-likeness (QED) is 0.775. The van der Waals surface area contributed by atoms with Gasteiger partial charge < -0.3 is 5.32 Å². The zero-order valence-corrected chi connectivity index (χ0v) is 14.1. The van der Waals surface area contributed by atoms with E-state index >= 15 is 0 Å². The minimum absolute atomic E-state index is 0.0791. The van der Waals surface area contributed by atoms with Crippen LogP contribution in [0.1, 0.15) is 24.0 Å². The molecule has 0 aliphatic heterocycles. The lowest BCUT2D eigenvalue weighted by molar-refractivity contribution is -0.118. The van der Waals surface area contributed by atoms with Crippen molar-refractivity contribution in [3.63, 3.8) is 0 Å². The van der Waals surface area contributed by atoms with Crippen molar-refractivity contribution in [2.24, 2.45) is 5.14 Å². The number of rotatable bonds is 5. The maximum atomic E-state index is 12.8. The van der Waals surface area contributed by atoms with Crippen LogP contribution in [-0.4, -0.2) is 14.3 Å². The van der Waals surface area contributed by atoms with Gasteiger partial charge in [0.1, 0.15) is 0 Å². The molecule has 0 bridgehead atoms. The molecule has 1 saturated carbocycles. The summed E-state index contributed by atoms with van der Waals surface area (Å²) in [5, 5.41) is 7.85. The van der Waals surface area contributed by atoms with Crippen LogP contribution in [0.25, 0.3) is 0 Å². The van der Waals surface area contributed by atoms with Crippen molar-refractivity contribution in [2.45, 2.75) is 25.2 Å². The molecule has 2 aromatic rings. The van der Waals surface area contributed by atoms with Gasteiger partial charge in [-0.25, -0.2) is 5.14 Å². The van der Waals surface area contributed by atoms with Crippen LogP contribution in [0.15, 0.2) is 48.5 Å². The Labute approximate surface area is 141 Å². The zero-order valence-electron chi connectivity index (χ0n) is 13.2. The van der Waals surface area contributed by atoms with E-state index in [0.717, 1.165) is 24.0 Å². The van der Waals surface area contributed by atoms with Gasteiger partial charge in [0, 0.05) is 5.69 Å². The molecular weight excluding hydrogens is 326 g/mol. The van der Waals surface area contributed by atoms with E-state index in [0.29, 0.717) is 11.4 Å². The second-order valence-electron chi connectivity index (χ2n) is 6.08. The molecular formula is C17H19N3O3S. The van der Waals surface area contributed by atoms with Crippen LogP contribution in [0.5, 0.6) is 0 Å². The number of hydrogen-bond donors (Lipinski definition) is 3. The molecule has 1 aliphatic rings. The van der Waals surface area contributed by atoms with E-state index < -0.39 is 15.6 Å². The Morgan fingerprint density at radius 2 is 1.75 bits per heavy atom. The fourth-order valence-electron chi connectivity index (χ4n) is 2.93. The van der Waals surface area contributed by atoms with Gasteiger partial charge >= 0.3 is 0 Å². The summed E-state index contributed by atoms with van der Waals surface area (Å²) >= 11 is 0. The highest BCUT2D eigenvalue weighted by atomic mass is 32.2. The van der Waals surface area contributed by atoms with Crippen molar-refractivity contribution in [3.05, 3.63) is 59.7 Å². The highest BCUT2D eigenvalue weighted by Crippen LogP contribution is 2.50. The standard InChI is InChI=1S/C17H19N3O3S/c1-12-5-2-3-8-15(12)17(9-10-17)16(21)19-13-6-4-7-14(11-13)20-24(18,22)23/h2-8,11,20H,9-10H2,1H3,(H,19,21)(H2,18,22,23). The first-order valence-electron chi connectivity index (χ1n) is 7.58. The van der Waals surface area contributed by atoms with Crippen LogP contribution in [0.4, 0.5) is 11.4 Å². The van der Waals surface area contributed by atoms with Crippen molar-refractivity contribution in [1.29, 1.82) is 0 Å². The third kappa shape index (κ3) is 3.42. The lowest BCUT2D eigenvalue weighted by atomic mass is 9.91. The fourth-order valence-corrected chi connectivity index (χ4v) is 3.38. The van der Waals surface area contributed by atoms with E-state index in [1.54, 1.807) is 18.2 Å². The normalized spacial score (nSPS) is 15.6. The molecule has 3 rings (SSSR count). The highest BCUT2D eigenvalue weighted by Gasteiger charge is 2.51. The summed E-state index contributed by atoms with van der Waals surface area (Å²) in [4.78, 5) is 12.8. The van der Waals surface area contributed by atoms with Gasteiger partial charge in [0.2, 0.25) is 5.91 Å². The predicted octanol–water partition coefficient (Wildman–Crippen LogP) is 2.28. The number of amides is 1. The lowest BCUT2D eigenvalue weighted by Gasteiger charge is -2.18. The molecule has 0 heterocycles. The van der Waals surface area contributed by atoms with Crippen LogP contribution >= 0.6 is 0 Å². The molecule has 1 aliphatic carbocycles. The number of aryl methyl sites for hydroxylation is 1. The molecule has 0 aromatic heterocycles. The Bertz CT molecular complexity index is 889. The number of anilines is 2. The van der Waals surface area contributed by atoms with E-state index in [2.05, 4.69) is 10.0 Å². The maximum absolute atomic E-state index is 12.8. The number of nitrogens with two attached hydrogens (primary N) is 1. The van der Waals surface area contributed by atoms with Gasteiger partial charge in [0.25, 0.3) is 10.2 Å². The smallest absolute Gasteiger partial charge is 0.296 e. The predicted molar refractivity (Wildman–Crippen MR) is 93.9 cm³/mol. The summed E-state index contributed by atoms with van der Waals surface area (Å²) in [5.41, 5.74) is 2.47. The SMILES string of the molecule is Cc1ccccc1C1(C(=O)Nc2cccc(NS(N)(=O)=O)c2)CC1. The molecule has 7 heteroatoms. The van der Waals surface area contributed by atoms with E-state index in [4.69, 9.17) is 5.14 Å². The zero-order chi connectivity index (χ0) is 17.4. The monoisotopic (exact) mass is 345 g/mol. The summed E-state index contributed by atoms with van der Waals surface area (Å²) in [6.07, 6.45) is 1.61. The highest BCUT2D eigenvalue weighted by molar-refractivity contribution is 7.90. The summed E-state index contributed by atoms with van der Waals surface area (Å²) < 4.78 is 24.4. The molecule has 0 radical (unpaired) electrons. The Hall–Kier alpha value is -2.38. The van der Waals surface area contributed by atoms with Crippen molar-refractivity contribution < 1.29 is 13.2 Å². The summed E-state index contributed by atoms with van der Waals surface area (Å²) in [5.74, 6) is -0.0791. The molecule has 0 spiro atoms. The Morgan fingerprint density at radius 3 is 2.38 bits per heavy atom. The van der Waals surface area contributed by atoms with Crippen molar-refractivity contribution in [1.82, 2.24) is 0 Å². The largest absolute Gasteiger partial charge is 0.325 e. The van der Waals surface area contributed by atoms with Crippen LogP contribution in [0.2, 0.25) is 0 Å². The minimum atomic E-state index is -3.85. The van der Waals surface area contributed by atoms with Gasteiger partial charge in [0.15, 0.2) is 0 Å². The van der Waals surface area contributed by atoms with Crippen molar-refractivity contribution in [2.75, 3.05) is 10.0 Å². The molecule has 2 aromatic carbocycles. The Balaban J connectivity index is 1.81. The summed E-state index contributed by atoms with van der Waals surface area (Å²) in [6.45, 7) is 2.00. The van der Waals surface area contributed by atoms with Gasteiger partial charge in [-0.2, -0.15) is 8.42 Å². The van der Waals surface area contributed by atoms with Gasteiger partial charge in [-0.05, 0) is 49.1 Å². The molecule has 0 atom stereocenters. The molecule has 1 fully saturated rings. The summed E-state index contributed by atoms with van der Waals surface area (Å²) in [7, 11) is -3.85. The van der Waals surface area contributed by atoms with E-state index in [-0.39, 0.29) is 5.91 Å². The fraction of sp³-hybridized carbons (Fsp3) is 0.235. The van der Waals surface area contributed by atoms with Gasteiger partial charge in [-0.3, -0.25) is 9.52 Å². The van der Waals surface area contributed by atoms with E-state index in [1.807, 2.05) is 31.2 Å². The maximum Gasteiger partial charge on any atom is 0.296 e. The van der Waals surface area contributed by atoms with E-state index in [1.165, 1.54) is 6.07 Å². The minimum Gasteiger partial charge on any atom is -0.325 e. The van der Waals surface area contributed by atoms with Crippen LogP contribution in [0, 0.1) is 6.92 Å². The molecule has 4 N–H and O–H groups in total. The first-order chi connectivity index (χ1) is 11.3. The Morgan fingerprint density at radius 1 is 1.08 bits per heavy atom. The van der Waals surface area contributed by atoms with Gasteiger partial charge in [-0.15, -0.1) is 0 Å². The third-order valence-corrected chi connectivity index (χ3v) is 4.75. The topological polar surface area (TPSA) is 101 Å². The van der Waals surface area contributed by atoms with Gasteiger partial charge in [-0.1, -0.05) is 30.3 Å². The molecule has 0 saturated heterocycles. The number of carbonyl (C=O) groups is 1. The first-order valence-corrected chi connectivity index (χ1v) is 9.13. The summed E-state index contributed by atoms with van der Waals surface area (Å²) in [6, 6.07) is 14.3. The number of carbonyl (C=O) groups excluding carboxylic acids is 1. The van der Waals surface area contributed by atoms with E-state index in [9.17, 15) is 13.2 Å². The van der Waals surface area contributed by atoms with Crippen LogP contribution in [-0.2, 0) is 20.4 Å². The number of nitrogens with one attached hydrogen (secondary N) is 2. The number of benzene rings is 2. The average Bonchev–Trinajstić information content (AvgIpc) is 3.28. The van der Waals surface area contributed by atoms with Crippen molar-refractivity contribution >= 4 is 27.5 Å². The lowest BCUT2D eigenvalue weighted by Crippen LogP contribution is -2.28. The molecule has 126 valence electrons. The molecule has 0 unspecified atom stereocenters. The van der Waals surface area contributed by atoms with Crippen LogP contribution < -0.4 is 15.2 Å². The van der Waals surface area contributed by atoms with Crippen molar-refractivity contribution in [3.8, 4) is 0 Å². The number of hydrogen-bond acceptors (Lipinski definition) is 3. The molecule has 1 amide bonds. The third-order valence-electron chi connectivity index (χ3n) is 4.23. The molecule has 24 heavy (non-hydrogen) atoms. The van der Waals surface area contributed by atoms with Crippen LogP contribution in [0.3, 0.4) is 0 Å². The van der Waals surface area contributed by atoms with Gasteiger partial charge in [0.05, 0.1) is 11.1 Å².